The molecule has 1 heterocycles. The van der Waals surface area contributed by atoms with Crippen LogP contribution in [0.1, 0.15) is 19.8 Å². The van der Waals surface area contributed by atoms with Gasteiger partial charge in [0.15, 0.2) is 0 Å². The minimum Gasteiger partial charge on any atom is -0.341 e. The SMILES string of the molecule is C[C@H](N)C(=O)N1CCCC(CNS(C)(=O)=O)C1. The fraction of sp³-hybridized carbons (Fsp3) is 0.900. The fourth-order valence-electron chi connectivity index (χ4n) is 1.99. The Bertz CT molecular complexity index is 367. The zero-order chi connectivity index (χ0) is 13.1. The van der Waals surface area contributed by atoms with Gasteiger partial charge < -0.3 is 10.6 Å². The number of likely N-dealkylation sites (tertiary alicyclic amines) is 1. The highest BCUT2D eigenvalue weighted by atomic mass is 32.2. The van der Waals surface area contributed by atoms with Crippen LogP contribution >= 0.6 is 0 Å². The molecule has 17 heavy (non-hydrogen) atoms. The average molecular weight is 263 g/mol. The van der Waals surface area contributed by atoms with E-state index in [1.165, 1.54) is 0 Å². The summed E-state index contributed by atoms with van der Waals surface area (Å²) >= 11 is 0. The van der Waals surface area contributed by atoms with E-state index >= 15 is 0 Å². The molecule has 1 amide bonds. The van der Waals surface area contributed by atoms with Crippen molar-refractivity contribution in [2.45, 2.75) is 25.8 Å². The molecule has 1 unspecified atom stereocenters. The van der Waals surface area contributed by atoms with Crippen LogP contribution < -0.4 is 10.5 Å². The van der Waals surface area contributed by atoms with Crippen LogP contribution in [0.25, 0.3) is 0 Å². The monoisotopic (exact) mass is 263 g/mol. The predicted molar refractivity (Wildman–Crippen MR) is 65.8 cm³/mol. The molecule has 0 aromatic carbocycles. The molecule has 3 N–H and O–H groups in total. The van der Waals surface area contributed by atoms with Gasteiger partial charge in [-0.05, 0) is 25.7 Å². The Balaban J connectivity index is 2.47. The molecule has 2 atom stereocenters. The first-order chi connectivity index (χ1) is 7.79. The molecule has 1 aliphatic rings. The van der Waals surface area contributed by atoms with Crippen LogP contribution in [0.4, 0.5) is 0 Å². The van der Waals surface area contributed by atoms with E-state index in [1.54, 1.807) is 11.8 Å². The van der Waals surface area contributed by atoms with Crippen molar-refractivity contribution in [2.75, 3.05) is 25.9 Å². The largest absolute Gasteiger partial charge is 0.341 e. The molecule has 0 aromatic rings. The molecular weight excluding hydrogens is 242 g/mol. The summed E-state index contributed by atoms with van der Waals surface area (Å²) in [5, 5.41) is 0. The molecule has 6 nitrogen and oxygen atoms in total. The number of sulfonamides is 1. The van der Waals surface area contributed by atoms with Crippen molar-refractivity contribution in [3.8, 4) is 0 Å². The first kappa shape index (κ1) is 14.4. The number of nitrogens with one attached hydrogen (secondary N) is 1. The van der Waals surface area contributed by atoms with E-state index in [1.807, 2.05) is 0 Å². The van der Waals surface area contributed by atoms with Crippen molar-refractivity contribution < 1.29 is 13.2 Å². The lowest BCUT2D eigenvalue weighted by Gasteiger charge is -2.33. The summed E-state index contributed by atoms with van der Waals surface area (Å²) in [5.41, 5.74) is 5.55. The minimum absolute atomic E-state index is 0.0611. The Labute approximate surface area is 103 Å². The zero-order valence-corrected chi connectivity index (χ0v) is 11.2. The van der Waals surface area contributed by atoms with E-state index in [2.05, 4.69) is 4.72 Å². The lowest BCUT2D eigenvalue weighted by atomic mass is 9.98. The van der Waals surface area contributed by atoms with Crippen molar-refractivity contribution >= 4 is 15.9 Å². The van der Waals surface area contributed by atoms with Gasteiger partial charge in [-0.25, -0.2) is 13.1 Å². The van der Waals surface area contributed by atoms with E-state index in [0.717, 1.165) is 25.6 Å². The number of nitrogens with zero attached hydrogens (tertiary/aromatic N) is 1. The molecule has 0 saturated carbocycles. The molecule has 0 spiro atoms. The number of rotatable bonds is 4. The topological polar surface area (TPSA) is 92.5 Å². The number of hydrogen-bond donors (Lipinski definition) is 2. The highest BCUT2D eigenvalue weighted by Gasteiger charge is 2.25. The lowest BCUT2D eigenvalue weighted by molar-refractivity contribution is -0.133. The van der Waals surface area contributed by atoms with Gasteiger partial charge in [-0.3, -0.25) is 4.79 Å². The van der Waals surface area contributed by atoms with Gasteiger partial charge in [0.1, 0.15) is 0 Å². The van der Waals surface area contributed by atoms with Gasteiger partial charge in [0.2, 0.25) is 15.9 Å². The highest BCUT2D eigenvalue weighted by molar-refractivity contribution is 7.88. The quantitative estimate of drug-likeness (QED) is 0.689. The number of carbonyl (C=O) groups is 1. The normalized spacial score (nSPS) is 23.5. The molecule has 0 aromatic heterocycles. The van der Waals surface area contributed by atoms with Crippen LogP contribution in [0.3, 0.4) is 0 Å². The van der Waals surface area contributed by atoms with Gasteiger partial charge >= 0.3 is 0 Å². The highest BCUT2D eigenvalue weighted by Crippen LogP contribution is 2.16. The Morgan fingerprint density at radius 3 is 2.76 bits per heavy atom. The lowest BCUT2D eigenvalue weighted by Crippen LogP contribution is -2.48. The van der Waals surface area contributed by atoms with Crippen LogP contribution in [-0.2, 0) is 14.8 Å². The maximum absolute atomic E-state index is 11.7. The Morgan fingerprint density at radius 2 is 2.24 bits per heavy atom. The maximum atomic E-state index is 11.7. The van der Waals surface area contributed by atoms with Crippen LogP contribution in [-0.4, -0.2) is 51.2 Å². The molecule has 1 rings (SSSR count). The molecule has 0 aliphatic carbocycles. The molecule has 0 bridgehead atoms. The number of carbonyl (C=O) groups excluding carboxylic acids is 1. The van der Waals surface area contributed by atoms with Crippen LogP contribution in [0.2, 0.25) is 0 Å². The molecule has 0 radical (unpaired) electrons. The third kappa shape index (κ3) is 5.01. The summed E-state index contributed by atoms with van der Waals surface area (Å²) in [4.78, 5) is 13.4. The van der Waals surface area contributed by atoms with E-state index in [9.17, 15) is 13.2 Å². The molecule has 100 valence electrons. The van der Waals surface area contributed by atoms with E-state index in [4.69, 9.17) is 5.73 Å². The van der Waals surface area contributed by atoms with E-state index in [0.29, 0.717) is 13.1 Å². The number of amides is 1. The first-order valence-corrected chi connectivity index (χ1v) is 7.67. The molecule has 7 heteroatoms. The van der Waals surface area contributed by atoms with Gasteiger partial charge in [0, 0.05) is 19.6 Å². The number of nitrogens with two attached hydrogens (primary N) is 1. The zero-order valence-electron chi connectivity index (χ0n) is 10.3. The minimum atomic E-state index is -3.16. The standard InChI is InChI=1S/C10H21N3O3S/c1-8(11)10(14)13-5-3-4-9(7-13)6-12-17(2,15)16/h8-9,12H,3-7,11H2,1-2H3/t8-,9?/m0/s1. The van der Waals surface area contributed by atoms with Gasteiger partial charge in [-0.2, -0.15) is 0 Å². The van der Waals surface area contributed by atoms with Crippen molar-refractivity contribution in [3.63, 3.8) is 0 Å². The van der Waals surface area contributed by atoms with Crippen LogP contribution in [0.5, 0.6) is 0 Å². The second-order valence-corrected chi connectivity index (χ2v) is 6.53. The Morgan fingerprint density at radius 1 is 1.59 bits per heavy atom. The summed E-state index contributed by atoms with van der Waals surface area (Å²) in [6, 6.07) is -0.489. The van der Waals surface area contributed by atoms with E-state index < -0.39 is 16.1 Å². The van der Waals surface area contributed by atoms with Crippen molar-refractivity contribution in [1.29, 1.82) is 0 Å². The summed E-state index contributed by atoms with van der Waals surface area (Å²) in [6.07, 6.45) is 2.97. The molecule has 1 saturated heterocycles. The Hall–Kier alpha value is -0.660. The molecule has 1 aliphatic heterocycles. The van der Waals surface area contributed by atoms with E-state index in [-0.39, 0.29) is 11.8 Å². The van der Waals surface area contributed by atoms with Gasteiger partial charge in [0.05, 0.1) is 12.3 Å². The fourth-order valence-corrected chi connectivity index (χ4v) is 2.53. The third-order valence-electron chi connectivity index (χ3n) is 2.85. The van der Waals surface area contributed by atoms with Crippen LogP contribution in [0.15, 0.2) is 0 Å². The number of hydrogen-bond acceptors (Lipinski definition) is 4. The maximum Gasteiger partial charge on any atom is 0.239 e. The smallest absolute Gasteiger partial charge is 0.239 e. The van der Waals surface area contributed by atoms with Gasteiger partial charge in [0.25, 0.3) is 0 Å². The first-order valence-electron chi connectivity index (χ1n) is 5.78. The second kappa shape index (κ2) is 5.79. The summed E-state index contributed by atoms with van der Waals surface area (Å²) in [5.74, 6) is 0.121. The van der Waals surface area contributed by atoms with Crippen molar-refractivity contribution in [1.82, 2.24) is 9.62 Å². The summed E-state index contributed by atoms with van der Waals surface area (Å²) in [7, 11) is -3.16. The number of piperidine rings is 1. The summed E-state index contributed by atoms with van der Waals surface area (Å²) in [6.45, 7) is 3.36. The van der Waals surface area contributed by atoms with Gasteiger partial charge in [-0.15, -0.1) is 0 Å². The van der Waals surface area contributed by atoms with Gasteiger partial charge in [-0.1, -0.05) is 0 Å². The van der Waals surface area contributed by atoms with Crippen LogP contribution in [0, 0.1) is 5.92 Å². The molecular formula is C10H21N3O3S. The third-order valence-corrected chi connectivity index (χ3v) is 3.55. The Kier molecular flexibility index (Phi) is 4.91. The summed E-state index contributed by atoms with van der Waals surface area (Å²) < 4.78 is 24.5. The second-order valence-electron chi connectivity index (χ2n) is 4.70. The van der Waals surface area contributed by atoms with Crippen molar-refractivity contribution in [3.05, 3.63) is 0 Å². The average Bonchev–Trinajstić information content (AvgIpc) is 2.24. The molecule has 1 fully saturated rings. The van der Waals surface area contributed by atoms with Crippen molar-refractivity contribution in [2.24, 2.45) is 11.7 Å². The predicted octanol–water partition coefficient (Wildman–Crippen LogP) is -0.879.